The highest BCUT2D eigenvalue weighted by atomic mass is 35.5. The number of ether oxygens (including phenoxy) is 2. The van der Waals surface area contributed by atoms with Crippen molar-refractivity contribution in [2.45, 2.75) is 6.92 Å². The number of nitrogens with zero attached hydrogens (tertiary/aromatic N) is 1. The molecule has 0 radical (unpaired) electrons. The second kappa shape index (κ2) is 8.84. The number of halogens is 1. The van der Waals surface area contributed by atoms with Gasteiger partial charge in [-0.1, -0.05) is 23.7 Å². The monoisotopic (exact) mass is 426 g/mol. The highest BCUT2D eigenvalue weighted by Gasteiger charge is 2.38. The van der Waals surface area contributed by atoms with E-state index in [-0.39, 0.29) is 12.2 Å². The number of benzene rings is 2. The first-order chi connectivity index (χ1) is 14.3. The highest BCUT2D eigenvalue weighted by molar-refractivity contribution is 6.31. The third kappa shape index (κ3) is 4.36. The van der Waals surface area contributed by atoms with E-state index in [4.69, 9.17) is 26.8 Å². The molecule has 0 saturated carbocycles. The summed E-state index contributed by atoms with van der Waals surface area (Å²) in [4.78, 5) is 37.8. The minimum absolute atomic E-state index is 0.0277. The molecule has 0 bridgehead atoms. The molecule has 1 amide bonds. The zero-order valence-corrected chi connectivity index (χ0v) is 17.1. The fraction of sp³-hybridized carbons (Fsp3) is 0.136. The Balaban J connectivity index is 2.00. The van der Waals surface area contributed by atoms with Crippen LogP contribution in [0.4, 0.5) is 5.69 Å². The number of rotatable bonds is 6. The molecule has 8 heteroatoms. The summed E-state index contributed by atoms with van der Waals surface area (Å²) in [7, 11) is 1.23. The van der Waals surface area contributed by atoms with Gasteiger partial charge in [0.15, 0.2) is 6.61 Å². The van der Waals surface area contributed by atoms with E-state index in [0.717, 1.165) is 0 Å². The zero-order valence-electron chi connectivity index (χ0n) is 16.3. The standard InChI is InChI=1S/C22H19ClN2O5/c1-13-20(22(28)29-2)21(27)18(25(13)16-7-5-15(23)6-8-16)11-14-3-9-17(10-4-14)30-12-19(24)26/h3-11H,12H2,1-2H3,(H2,24,26)/b18-11-. The molecule has 7 nitrogen and oxygen atoms in total. The number of Topliss-reactive ketones (excluding diaryl/α,β-unsaturated/α-hetero) is 1. The molecule has 3 rings (SSSR count). The van der Waals surface area contributed by atoms with Crippen molar-refractivity contribution in [2.75, 3.05) is 18.6 Å². The van der Waals surface area contributed by atoms with Crippen LogP contribution in [0.1, 0.15) is 12.5 Å². The number of allylic oxidation sites excluding steroid dienone is 2. The number of carbonyl (C=O) groups excluding carboxylic acids is 3. The Morgan fingerprint density at radius 3 is 2.30 bits per heavy atom. The smallest absolute Gasteiger partial charge is 0.343 e. The van der Waals surface area contributed by atoms with Crippen molar-refractivity contribution in [3.05, 3.63) is 76.1 Å². The van der Waals surface area contributed by atoms with Gasteiger partial charge in [0, 0.05) is 16.4 Å². The van der Waals surface area contributed by atoms with Gasteiger partial charge < -0.3 is 20.1 Å². The Morgan fingerprint density at radius 1 is 1.10 bits per heavy atom. The minimum Gasteiger partial charge on any atom is -0.484 e. The molecule has 2 N–H and O–H groups in total. The van der Waals surface area contributed by atoms with Gasteiger partial charge in [-0.05, 0) is 55.0 Å². The number of hydrogen-bond acceptors (Lipinski definition) is 6. The second-order valence-electron chi connectivity index (χ2n) is 6.45. The van der Waals surface area contributed by atoms with Gasteiger partial charge in [0.2, 0.25) is 5.78 Å². The molecule has 0 atom stereocenters. The Morgan fingerprint density at radius 2 is 1.73 bits per heavy atom. The van der Waals surface area contributed by atoms with Gasteiger partial charge in [-0.15, -0.1) is 0 Å². The van der Waals surface area contributed by atoms with Gasteiger partial charge in [0.25, 0.3) is 5.91 Å². The van der Waals surface area contributed by atoms with Crippen LogP contribution in [0, 0.1) is 0 Å². The van der Waals surface area contributed by atoms with Crippen LogP contribution in [0.15, 0.2) is 65.5 Å². The molecule has 30 heavy (non-hydrogen) atoms. The van der Waals surface area contributed by atoms with Crippen LogP contribution in [0.3, 0.4) is 0 Å². The zero-order chi connectivity index (χ0) is 21.8. The number of carbonyl (C=O) groups is 3. The van der Waals surface area contributed by atoms with Crippen molar-refractivity contribution in [3.63, 3.8) is 0 Å². The number of nitrogens with two attached hydrogens (primary N) is 1. The molecule has 0 aromatic heterocycles. The topological polar surface area (TPSA) is 98.9 Å². The summed E-state index contributed by atoms with van der Waals surface area (Å²) in [6.07, 6.45) is 1.66. The largest absolute Gasteiger partial charge is 0.484 e. The van der Waals surface area contributed by atoms with Gasteiger partial charge >= 0.3 is 5.97 Å². The number of esters is 1. The lowest BCUT2D eigenvalue weighted by Crippen LogP contribution is -2.20. The molecule has 0 fully saturated rings. The lowest BCUT2D eigenvalue weighted by atomic mass is 10.1. The van der Waals surface area contributed by atoms with E-state index in [1.54, 1.807) is 66.4 Å². The van der Waals surface area contributed by atoms with Gasteiger partial charge in [-0.3, -0.25) is 9.59 Å². The lowest BCUT2D eigenvalue weighted by Gasteiger charge is -2.21. The predicted octanol–water partition coefficient (Wildman–Crippen LogP) is 3.08. The van der Waals surface area contributed by atoms with Crippen molar-refractivity contribution in [1.82, 2.24) is 0 Å². The van der Waals surface area contributed by atoms with E-state index >= 15 is 0 Å². The average Bonchev–Trinajstić information content (AvgIpc) is 2.97. The van der Waals surface area contributed by atoms with Crippen LogP contribution < -0.4 is 15.4 Å². The maximum atomic E-state index is 13.0. The molecule has 1 heterocycles. The Bertz CT molecular complexity index is 1060. The van der Waals surface area contributed by atoms with Crippen LogP contribution >= 0.6 is 11.6 Å². The number of amides is 1. The summed E-state index contributed by atoms with van der Waals surface area (Å²) in [5.41, 5.74) is 7.17. The average molecular weight is 427 g/mol. The molecule has 0 aliphatic carbocycles. The SMILES string of the molecule is COC(=O)C1=C(C)N(c2ccc(Cl)cc2)/C(=C\c2ccc(OCC(N)=O)cc2)C1=O. The lowest BCUT2D eigenvalue weighted by molar-refractivity contribution is -0.137. The number of ketones is 1. The van der Waals surface area contributed by atoms with Crippen LogP contribution in [0.5, 0.6) is 5.75 Å². The van der Waals surface area contributed by atoms with Crippen LogP contribution in [-0.2, 0) is 19.1 Å². The van der Waals surface area contributed by atoms with Crippen molar-refractivity contribution in [3.8, 4) is 5.75 Å². The first-order valence-corrected chi connectivity index (χ1v) is 9.32. The Hall–Kier alpha value is -3.58. The van der Waals surface area contributed by atoms with Crippen molar-refractivity contribution < 1.29 is 23.9 Å². The number of primary amides is 1. The Kier molecular flexibility index (Phi) is 6.23. The summed E-state index contributed by atoms with van der Waals surface area (Å²) in [5, 5.41) is 0.552. The molecular weight excluding hydrogens is 408 g/mol. The minimum atomic E-state index is -0.699. The van der Waals surface area contributed by atoms with Gasteiger partial charge in [0.05, 0.1) is 12.8 Å². The summed E-state index contributed by atoms with van der Waals surface area (Å²) >= 11 is 5.98. The fourth-order valence-electron chi connectivity index (χ4n) is 3.05. The van der Waals surface area contributed by atoms with Crippen LogP contribution in [0.2, 0.25) is 5.02 Å². The van der Waals surface area contributed by atoms with E-state index in [2.05, 4.69) is 0 Å². The molecule has 2 aromatic carbocycles. The third-order valence-corrected chi connectivity index (χ3v) is 4.69. The summed E-state index contributed by atoms with van der Waals surface area (Å²) in [6, 6.07) is 13.7. The Labute approximate surface area is 178 Å². The maximum absolute atomic E-state index is 13.0. The van der Waals surface area contributed by atoms with Gasteiger partial charge in [0.1, 0.15) is 11.3 Å². The van der Waals surface area contributed by atoms with Crippen LogP contribution in [-0.4, -0.2) is 31.4 Å². The second-order valence-corrected chi connectivity index (χ2v) is 6.88. The van der Waals surface area contributed by atoms with Gasteiger partial charge in [-0.2, -0.15) is 0 Å². The first-order valence-electron chi connectivity index (χ1n) is 8.94. The third-order valence-electron chi connectivity index (χ3n) is 4.44. The van der Waals surface area contributed by atoms with Crippen LogP contribution in [0.25, 0.3) is 6.08 Å². The van der Waals surface area contributed by atoms with E-state index in [0.29, 0.717) is 33.4 Å². The molecule has 0 unspecified atom stereocenters. The van der Waals surface area contributed by atoms with E-state index in [1.807, 2.05) is 0 Å². The van der Waals surface area contributed by atoms with Gasteiger partial charge in [-0.25, -0.2) is 4.79 Å². The highest BCUT2D eigenvalue weighted by Crippen LogP contribution is 2.36. The first kappa shape index (κ1) is 21.1. The van der Waals surface area contributed by atoms with Crippen molar-refractivity contribution >= 4 is 41.0 Å². The summed E-state index contributed by atoms with van der Waals surface area (Å²) in [5.74, 6) is -1.25. The normalized spacial score (nSPS) is 15.0. The molecule has 1 aliphatic rings. The molecule has 1 aliphatic heterocycles. The summed E-state index contributed by atoms with van der Waals surface area (Å²) in [6.45, 7) is 1.45. The van der Waals surface area contributed by atoms with E-state index in [9.17, 15) is 14.4 Å². The predicted molar refractivity (Wildman–Crippen MR) is 113 cm³/mol. The molecule has 0 spiro atoms. The van der Waals surface area contributed by atoms with E-state index < -0.39 is 17.7 Å². The molecule has 154 valence electrons. The van der Waals surface area contributed by atoms with Crippen molar-refractivity contribution in [1.29, 1.82) is 0 Å². The maximum Gasteiger partial charge on any atom is 0.343 e. The quantitative estimate of drug-likeness (QED) is 0.433. The fourth-order valence-corrected chi connectivity index (χ4v) is 3.18. The molecule has 0 saturated heterocycles. The number of anilines is 1. The summed E-state index contributed by atoms with van der Waals surface area (Å²) < 4.78 is 10.0. The molecular formula is C22H19ClN2O5. The van der Waals surface area contributed by atoms with E-state index in [1.165, 1.54) is 7.11 Å². The molecule has 2 aromatic rings. The number of hydrogen-bond donors (Lipinski definition) is 1. The van der Waals surface area contributed by atoms with Crippen molar-refractivity contribution in [2.24, 2.45) is 5.73 Å². The number of methoxy groups -OCH3 is 1.